The Morgan fingerprint density at radius 3 is 2.41 bits per heavy atom. The third kappa shape index (κ3) is 3.95. The average Bonchev–Trinajstić information content (AvgIpc) is 3.03. The highest BCUT2D eigenvalue weighted by Gasteiger charge is 2.16. The van der Waals surface area contributed by atoms with Crippen LogP contribution >= 0.6 is 0 Å². The Morgan fingerprint density at radius 2 is 1.81 bits per heavy atom. The molecule has 0 radical (unpaired) electrons. The molecule has 0 fully saturated rings. The molecule has 6 heteroatoms. The van der Waals surface area contributed by atoms with E-state index >= 15 is 0 Å². The van der Waals surface area contributed by atoms with Crippen LogP contribution in [0.5, 0.6) is 5.75 Å². The first-order chi connectivity index (χ1) is 12.9. The first kappa shape index (κ1) is 18.5. The quantitative estimate of drug-likeness (QED) is 0.710. The second-order valence-electron chi connectivity index (χ2n) is 6.46. The fourth-order valence-corrected chi connectivity index (χ4v) is 2.89. The molecule has 6 nitrogen and oxygen atoms in total. The van der Waals surface area contributed by atoms with Gasteiger partial charge in [-0.05, 0) is 31.2 Å². The van der Waals surface area contributed by atoms with Crippen LogP contribution in [0.3, 0.4) is 0 Å². The lowest BCUT2D eigenvalue weighted by atomic mass is 10.1. The van der Waals surface area contributed by atoms with Gasteiger partial charge in [0.2, 0.25) is 5.89 Å². The minimum Gasteiger partial charge on any atom is -0.496 e. The summed E-state index contributed by atoms with van der Waals surface area (Å²) in [5, 5.41) is 9.00. The van der Waals surface area contributed by atoms with E-state index in [1.807, 2.05) is 50.2 Å². The Hall–Kier alpha value is -3.28. The van der Waals surface area contributed by atoms with Crippen molar-refractivity contribution in [1.82, 2.24) is 4.98 Å². The van der Waals surface area contributed by atoms with Crippen LogP contribution in [-0.4, -0.2) is 37.3 Å². The normalized spacial score (nSPS) is 10.7. The minimum atomic E-state index is -0.906. The fourth-order valence-electron chi connectivity index (χ4n) is 2.89. The Balaban J connectivity index is 1.95. The molecule has 3 aromatic rings. The average molecular weight is 366 g/mol. The van der Waals surface area contributed by atoms with Crippen molar-refractivity contribution in [2.45, 2.75) is 13.3 Å². The Bertz CT molecular complexity index is 959. The van der Waals surface area contributed by atoms with Crippen molar-refractivity contribution in [2.75, 3.05) is 26.1 Å². The van der Waals surface area contributed by atoms with Crippen LogP contribution in [0.4, 0.5) is 5.69 Å². The number of carboxylic acid groups (broad SMARTS) is 1. The largest absolute Gasteiger partial charge is 0.496 e. The Morgan fingerprint density at radius 1 is 1.15 bits per heavy atom. The van der Waals surface area contributed by atoms with Crippen molar-refractivity contribution >= 4 is 11.7 Å². The molecular weight excluding hydrogens is 344 g/mol. The van der Waals surface area contributed by atoms with Gasteiger partial charge >= 0.3 is 5.97 Å². The Kier molecular flexibility index (Phi) is 5.16. The first-order valence-electron chi connectivity index (χ1n) is 8.53. The number of carbonyl (C=O) groups is 1. The third-order valence-electron chi connectivity index (χ3n) is 4.33. The molecule has 1 N–H and O–H groups in total. The zero-order chi connectivity index (χ0) is 19.6. The molecule has 1 aromatic heterocycles. The summed E-state index contributed by atoms with van der Waals surface area (Å²) in [6.07, 6.45) is -0.0997. The van der Waals surface area contributed by atoms with Gasteiger partial charge in [0.25, 0.3) is 0 Å². The predicted octanol–water partition coefficient (Wildman–Crippen LogP) is 4.02. The van der Waals surface area contributed by atoms with E-state index in [4.69, 9.17) is 14.3 Å². The monoisotopic (exact) mass is 366 g/mol. The number of carboxylic acids is 1. The van der Waals surface area contributed by atoms with Crippen LogP contribution in [0.2, 0.25) is 0 Å². The highest BCUT2D eigenvalue weighted by Crippen LogP contribution is 2.32. The number of anilines is 1. The van der Waals surface area contributed by atoms with Gasteiger partial charge in [-0.3, -0.25) is 4.79 Å². The number of hydrogen-bond acceptors (Lipinski definition) is 5. The van der Waals surface area contributed by atoms with Gasteiger partial charge in [-0.15, -0.1) is 0 Å². The van der Waals surface area contributed by atoms with Gasteiger partial charge in [-0.1, -0.05) is 18.2 Å². The van der Waals surface area contributed by atoms with Gasteiger partial charge in [-0.2, -0.15) is 0 Å². The molecule has 1 heterocycles. The molecule has 0 amide bonds. The number of aliphatic carboxylic acids is 1. The summed E-state index contributed by atoms with van der Waals surface area (Å²) in [5.41, 5.74) is 4.21. The lowest BCUT2D eigenvalue weighted by molar-refractivity contribution is -0.136. The van der Waals surface area contributed by atoms with Crippen LogP contribution in [0, 0.1) is 6.92 Å². The zero-order valence-electron chi connectivity index (χ0n) is 15.8. The van der Waals surface area contributed by atoms with Crippen molar-refractivity contribution in [3.8, 4) is 28.5 Å². The van der Waals surface area contributed by atoms with E-state index in [0.717, 1.165) is 28.3 Å². The molecule has 0 aliphatic heterocycles. The van der Waals surface area contributed by atoms with E-state index in [-0.39, 0.29) is 6.42 Å². The summed E-state index contributed by atoms with van der Waals surface area (Å²) in [6.45, 7) is 1.88. The van der Waals surface area contributed by atoms with Gasteiger partial charge in [0.05, 0.1) is 13.5 Å². The van der Waals surface area contributed by atoms with Crippen molar-refractivity contribution < 1.29 is 19.1 Å². The van der Waals surface area contributed by atoms with Crippen LogP contribution in [0.25, 0.3) is 22.7 Å². The molecular formula is C21H22N2O4. The lowest BCUT2D eigenvalue weighted by Crippen LogP contribution is -2.07. The van der Waals surface area contributed by atoms with Crippen LogP contribution in [-0.2, 0) is 11.2 Å². The van der Waals surface area contributed by atoms with Gasteiger partial charge in [-0.25, -0.2) is 4.98 Å². The number of oxazole rings is 1. The van der Waals surface area contributed by atoms with Crippen molar-refractivity contribution in [1.29, 1.82) is 0 Å². The van der Waals surface area contributed by atoms with E-state index in [1.54, 1.807) is 18.2 Å². The van der Waals surface area contributed by atoms with E-state index < -0.39 is 5.97 Å². The highest BCUT2D eigenvalue weighted by molar-refractivity contribution is 5.73. The maximum Gasteiger partial charge on any atom is 0.307 e. The van der Waals surface area contributed by atoms with E-state index in [1.165, 1.54) is 7.11 Å². The van der Waals surface area contributed by atoms with Crippen LogP contribution in [0.1, 0.15) is 11.3 Å². The number of aromatic nitrogens is 1. The molecule has 0 bridgehead atoms. The molecule has 0 saturated heterocycles. The number of rotatable bonds is 6. The molecule has 27 heavy (non-hydrogen) atoms. The molecule has 2 aromatic carbocycles. The van der Waals surface area contributed by atoms with E-state index in [0.29, 0.717) is 17.2 Å². The number of nitrogens with zero attached hydrogens (tertiary/aromatic N) is 2. The molecule has 0 saturated carbocycles. The molecule has 0 atom stereocenters. The van der Waals surface area contributed by atoms with Crippen LogP contribution < -0.4 is 9.64 Å². The second-order valence-corrected chi connectivity index (χ2v) is 6.46. The fraction of sp³-hybridized carbons (Fsp3) is 0.238. The van der Waals surface area contributed by atoms with Crippen molar-refractivity contribution in [2.24, 2.45) is 0 Å². The topological polar surface area (TPSA) is 75.8 Å². The summed E-state index contributed by atoms with van der Waals surface area (Å²) in [5.74, 6) is 0.787. The summed E-state index contributed by atoms with van der Waals surface area (Å²) in [4.78, 5) is 17.6. The SMILES string of the molecule is COc1cc(-c2nc(-c3ccc(N(C)C)cc3)c(C)o2)ccc1CC(=O)O. The van der Waals surface area contributed by atoms with E-state index in [9.17, 15) is 4.79 Å². The second kappa shape index (κ2) is 7.53. The maximum atomic E-state index is 11.0. The van der Waals surface area contributed by atoms with Crippen molar-refractivity contribution in [3.05, 3.63) is 53.8 Å². The molecule has 0 aliphatic rings. The zero-order valence-corrected chi connectivity index (χ0v) is 15.8. The summed E-state index contributed by atoms with van der Waals surface area (Å²) >= 11 is 0. The molecule has 140 valence electrons. The van der Waals surface area contributed by atoms with E-state index in [2.05, 4.69) is 4.98 Å². The third-order valence-corrected chi connectivity index (χ3v) is 4.33. The molecule has 3 rings (SSSR count). The van der Waals surface area contributed by atoms with Gasteiger partial charge in [0, 0.05) is 36.5 Å². The number of methoxy groups -OCH3 is 1. The summed E-state index contributed by atoms with van der Waals surface area (Å²) in [6, 6.07) is 13.4. The first-order valence-corrected chi connectivity index (χ1v) is 8.53. The number of benzene rings is 2. The van der Waals surface area contributed by atoms with Crippen LogP contribution in [0.15, 0.2) is 46.9 Å². The molecule has 0 unspecified atom stereocenters. The number of ether oxygens (including phenoxy) is 1. The van der Waals surface area contributed by atoms with Gasteiger partial charge in [0.15, 0.2) is 0 Å². The highest BCUT2D eigenvalue weighted by atomic mass is 16.5. The summed E-state index contributed by atoms with van der Waals surface area (Å²) in [7, 11) is 5.51. The Labute approximate surface area is 158 Å². The predicted molar refractivity (Wildman–Crippen MR) is 104 cm³/mol. The standard InChI is InChI=1S/C21H22N2O4/c1-13-20(14-7-9-17(10-8-14)23(2)3)22-21(27-13)16-6-5-15(12-19(24)25)18(11-16)26-4/h5-11H,12H2,1-4H3,(H,24,25). The molecule has 0 spiro atoms. The van der Waals surface area contributed by atoms with Gasteiger partial charge in [0.1, 0.15) is 17.2 Å². The molecule has 0 aliphatic carbocycles. The van der Waals surface area contributed by atoms with Gasteiger partial charge < -0.3 is 19.2 Å². The number of aryl methyl sites for hydroxylation is 1. The maximum absolute atomic E-state index is 11.0. The lowest BCUT2D eigenvalue weighted by Gasteiger charge is -2.12. The summed E-state index contributed by atoms with van der Waals surface area (Å²) < 4.78 is 11.2. The minimum absolute atomic E-state index is 0.0997. The smallest absolute Gasteiger partial charge is 0.307 e. The van der Waals surface area contributed by atoms with Crippen molar-refractivity contribution in [3.63, 3.8) is 0 Å². The number of hydrogen-bond donors (Lipinski definition) is 1.